The van der Waals surface area contributed by atoms with Crippen LogP contribution in [0.15, 0.2) is 12.1 Å². The molecule has 3 rings (SSSR count). The molecule has 0 unspecified atom stereocenters. The zero-order chi connectivity index (χ0) is 10.6. The normalized spacial score (nSPS) is 20.6. The van der Waals surface area contributed by atoms with Crippen LogP contribution < -0.4 is 14.9 Å². The summed E-state index contributed by atoms with van der Waals surface area (Å²) in [5, 5.41) is 9.34. The molecule has 4 nitrogen and oxygen atoms in total. The van der Waals surface area contributed by atoms with E-state index in [-0.39, 0.29) is 18.1 Å². The van der Waals surface area contributed by atoms with Gasteiger partial charge in [-0.1, -0.05) is 0 Å². The molecule has 7 heteroatoms. The summed E-state index contributed by atoms with van der Waals surface area (Å²) in [6, 6.07) is 2.70. The average Bonchev–Trinajstić information content (AvgIpc) is 2.62. The summed E-state index contributed by atoms with van der Waals surface area (Å²) in [6.45, 7) is 0.179. The second-order valence-corrected chi connectivity index (χ2v) is 3.33. The molecule has 0 aliphatic carbocycles. The number of hydrogen-bond acceptors (Lipinski definition) is 4. The summed E-state index contributed by atoms with van der Waals surface area (Å²) in [6.07, 6.45) is -3.62. The zero-order valence-electron chi connectivity index (χ0n) is 7.37. The van der Waals surface area contributed by atoms with Gasteiger partial charge < -0.3 is 19.2 Å². The highest BCUT2D eigenvalue weighted by Gasteiger charge is 2.45. The van der Waals surface area contributed by atoms with Gasteiger partial charge in [0, 0.05) is 0 Å². The molecule has 1 N–H and O–H groups in total. The van der Waals surface area contributed by atoms with Crippen molar-refractivity contribution in [2.75, 3.05) is 0 Å². The van der Waals surface area contributed by atoms with Crippen LogP contribution in [0, 0.1) is 0 Å². The van der Waals surface area contributed by atoms with Gasteiger partial charge in [0.25, 0.3) is 0 Å². The fourth-order valence-electron chi connectivity index (χ4n) is 1.67. The van der Waals surface area contributed by atoms with Crippen molar-refractivity contribution in [3.05, 3.63) is 17.7 Å². The van der Waals surface area contributed by atoms with Crippen LogP contribution in [-0.4, -0.2) is 18.4 Å². The number of benzene rings is 1. The lowest BCUT2D eigenvalue weighted by Gasteiger charge is -2.04. The second kappa shape index (κ2) is 2.62. The molecule has 0 saturated heterocycles. The van der Waals surface area contributed by atoms with Crippen LogP contribution in [0.2, 0.25) is 0 Å². The number of ether oxygens (including phenoxy) is 2. The summed E-state index contributed by atoms with van der Waals surface area (Å²) in [4.78, 5) is 0. The van der Waals surface area contributed by atoms with E-state index in [1.807, 2.05) is 0 Å². The van der Waals surface area contributed by atoms with Crippen molar-refractivity contribution in [2.45, 2.75) is 12.9 Å². The Morgan fingerprint density at radius 2 is 1.93 bits per heavy atom. The van der Waals surface area contributed by atoms with Crippen molar-refractivity contribution >= 4 is 12.6 Å². The molecule has 1 aromatic carbocycles. The van der Waals surface area contributed by atoms with Gasteiger partial charge >= 0.3 is 13.4 Å². The molecule has 0 spiro atoms. The maximum Gasteiger partial charge on any atom is 0.586 e. The highest BCUT2D eigenvalue weighted by atomic mass is 19.3. The zero-order valence-corrected chi connectivity index (χ0v) is 7.37. The topological polar surface area (TPSA) is 47.9 Å². The standard InChI is InChI=1S/C8H5BF2O4/c10-8(11)14-6-1-4-3-13-9(12)5(4)2-7(6)15-8/h1-2,12H,3H2. The molecule has 15 heavy (non-hydrogen) atoms. The SMILES string of the molecule is OB1OCc2cc3c(cc21)OC(F)(F)O3. The van der Waals surface area contributed by atoms with Gasteiger partial charge in [-0.05, 0) is 23.2 Å². The molecular weight excluding hydrogens is 209 g/mol. The largest absolute Gasteiger partial charge is 0.586 e. The predicted octanol–water partition coefficient (Wildman–Crippen LogP) is 0.226. The van der Waals surface area contributed by atoms with E-state index < -0.39 is 13.4 Å². The highest BCUT2D eigenvalue weighted by Crippen LogP contribution is 2.41. The highest BCUT2D eigenvalue weighted by molar-refractivity contribution is 6.61. The minimum absolute atomic E-state index is 0.0311. The maximum absolute atomic E-state index is 12.7. The van der Waals surface area contributed by atoms with E-state index in [0.717, 1.165) is 0 Å². The number of alkyl halides is 2. The Hall–Kier alpha value is -1.34. The fourth-order valence-corrected chi connectivity index (χ4v) is 1.67. The van der Waals surface area contributed by atoms with Crippen molar-refractivity contribution in [1.82, 2.24) is 0 Å². The number of rotatable bonds is 0. The molecule has 0 aromatic heterocycles. The minimum atomic E-state index is -3.62. The molecule has 2 aliphatic rings. The third kappa shape index (κ3) is 1.27. The Bertz CT molecular complexity index is 437. The third-order valence-electron chi connectivity index (χ3n) is 2.33. The number of halogens is 2. The van der Waals surface area contributed by atoms with Crippen molar-refractivity contribution in [3.63, 3.8) is 0 Å². The van der Waals surface area contributed by atoms with E-state index in [4.69, 9.17) is 4.65 Å². The Kier molecular flexibility index (Phi) is 1.56. The summed E-state index contributed by atoms with van der Waals surface area (Å²) in [5.41, 5.74) is 1.07. The van der Waals surface area contributed by atoms with Crippen LogP contribution in [0.25, 0.3) is 0 Å². The predicted molar refractivity (Wildman–Crippen MR) is 45.0 cm³/mol. The average molecular weight is 214 g/mol. The van der Waals surface area contributed by atoms with E-state index in [9.17, 15) is 13.8 Å². The Labute approximate surface area is 83.5 Å². The van der Waals surface area contributed by atoms with Crippen molar-refractivity contribution in [3.8, 4) is 11.5 Å². The van der Waals surface area contributed by atoms with Crippen molar-refractivity contribution < 1.29 is 27.9 Å². The van der Waals surface area contributed by atoms with Crippen LogP contribution >= 0.6 is 0 Å². The van der Waals surface area contributed by atoms with Crippen LogP contribution in [0.1, 0.15) is 5.56 Å². The van der Waals surface area contributed by atoms with Crippen LogP contribution in [0.5, 0.6) is 11.5 Å². The maximum atomic E-state index is 12.7. The van der Waals surface area contributed by atoms with E-state index in [1.54, 1.807) is 0 Å². The molecule has 2 heterocycles. The summed E-state index contributed by atoms with van der Waals surface area (Å²) in [7, 11) is -1.08. The first-order chi connectivity index (χ1) is 7.05. The van der Waals surface area contributed by atoms with E-state index >= 15 is 0 Å². The number of fused-ring (bicyclic) bond motifs is 2. The molecular formula is C8H5BF2O4. The number of hydrogen-bond donors (Lipinski definition) is 1. The summed E-state index contributed by atoms with van der Waals surface area (Å²) < 4.78 is 38.8. The van der Waals surface area contributed by atoms with Crippen LogP contribution in [0.4, 0.5) is 8.78 Å². The summed E-state index contributed by atoms with van der Waals surface area (Å²) >= 11 is 0. The second-order valence-electron chi connectivity index (χ2n) is 3.33. The molecule has 0 bridgehead atoms. The summed E-state index contributed by atoms with van der Waals surface area (Å²) in [5.74, 6) is -0.111. The van der Waals surface area contributed by atoms with E-state index in [0.29, 0.717) is 11.0 Å². The fraction of sp³-hybridized carbons (Fsp3) is 0.250. The minimum Gasteiger partial charge on any atom is -0.423 e. The molecule has 0 radical (unpaired) electrons. The van der Waals surface area contributed by atoms with Gasteiger partial charge in [-0.2, -0.15) is 0 Å². The van der Waals surface area contributed by atoms with Crippen molar-refractivity contribution in [1.29, 1.82) is 0 Å². The Morgan fingerprint density at radius 3 is 2.67 bits per heavy atom. The Morgan fingerprint density at radius 1 is 1.27 bits per heavy atom. The lowest BCUT2D eigenvalue weighted by atomic mass is 9.79. The molecule has 0 saturated carbocycles. The van der Waals surface area contributed by atoms with Gasteiger partial charge in [0.2, 0.25) is 0 Å². The van der Waals surface area contributed by atoms with Gasteiger partial charge in [0.15, 0.2) is 11.5 Å². The quantitative estimate of drug-likeness (QED) is 0.627. The lowest BCUT2D eigenvalue weighted by molar-refractivity contribution is -0.286. The van der Waals surface area contributed by atoms with Gasteiger partial charge in [0.05, 0.1) is 6.61 Å². The molecule has 1 aromatic rings. The first kappa shape index (κ1) is 8.93. The van der Waals surface area contributed by atoms with Gasteiger partial charge in [0.1, 0.15) is 0 Å². The van der Waals surface area contributed by atoms with Crippen molar-refractivity contribution in [2.24, 2.45) is 0 Å². The smallest absolute Gasteiger partial charge is 0.423 e. The first-order valence-corrected chi connectivity index (χ1v) is 4.27. The van der Waals surface area contributed by atoms with Crippen LogP contribution in [-0.2, 0) is 11.3 Å². The van der Waals surface area contributed by atoms with E-state index in [2.05, 4.69) is 9.47 Å². The van der Waals surface area contributed by atoms with E-state index in [1.165, 1.54) is 12.1 Å². The Balaban J connectivity index is 2.08. The molecule has 0 amide bonds. The van der Waals surface area contributed by atoms with Gasteiger partial charge in [-0.3, -0.25) is 0 Å². The molecule has 0 atom stereocenters. The lowest BCUT2D eigenvalue weighted by Crippen LogP contribution is -2.28. The molecule has 2 aliphatic heterocycles. The van der Waals surface area contributed by atoms with Gasteiger partial charge in [-0.25, -0.2) is 0 Å². The monoisotopic (exact) mass is 214 g/mol. The molecule has 78 valence electrons. The first-order valence-electron chi connectivity index (χ1n) is 4.27. The van der Waals surface area contributed by atoms with Crippen LogP contribution in [0.3, 0.4) is 0 Å². The van der Waals surface area contributed by atoms with Gasteiger partial charge in [-0.15, -0.1) is 8.78 Å². The third-order valence-corrected chi connectivity index (χ3v) is 2.33. The molecule has 0 fully saturated rings.